The summed E-state index contributed by atoms with van der Waals surface area (Å²) in [5, 5.41) is 14.4. The summed E-state index contributed by atoms with van der Waals surface area (Å²) in [5.41, 5.74) is 4.70. The minimum Gasteiger partial charge on any atom is -0.507 e. The van der Waals surface area contributed by atoms with Crippen molar-refractivity contribution in [1.82, 2.24) is 0 Å². The van der Waals surface area contributed by atoms with Gasteiger partial charge >= 0.3 is 0 Å². The van der Waals surface area contributed by atoms with Gasteiger partial charge in [-0.3, -0.25) is 4.99 Å². The van der Waals surface area contributed by atoms with Gasteiger partial charge in [0, 0.05) is 21.9 Å². The van der Waals surface area contributed by atoms with Gasteiger partial charge in [-0.2, -0.15) is 0 Å². The number of nitrogens with zero attached hydrogens (tertiary/aromatic N) is 1. The molecule has 1 N–H and O–H groups in total. The molecule has 4 aromatic carbocycles. The van der Waals surface area contributed by atoms with Crippen molar-refractivity contribution in [3.8, 4) is 16.9 Å². The van der Waals surface area contributed by atoms with Gasteiger partial charge in [-0.25, -0.2) is 0 Å². The fraction of sp³-hybridized carbons (Fsp3) is 0.324. The van der Waals surface area contributed by atoms with E-state index in [0.717, 1.165) is 35.0 Å². The van der Waals surface area contributed by atoms with E-state index in [4.69, 9.17) is 4.99 Å². The first-order valence-corrected chi connectivity index (χ1v) is 14.8. The second-order valence-corrected chi connectivity index (χ2v) is 15.3. The Labute approximate surface area is 223 Å². The van der Waals surface area contributed by atoms with Gasteiger partial charge in [0.15, 0.2) is 0 Å². The number of hydrogen-bond acceptors (Lipinski definition) is 2. The highest BCUT2D eigenvalue weighted by Crippen LogP contribution is 2.68. The standard InChI is InChI=1S/C34H38NOP/c1-32(2,3)34(28-20-13-19-27(30(28)36)25-14-8-7-9-15-25)22-23-37(33(4,5)6)31(34)35-29-21-12-17-24-16-10-11-18-26(24)29/h7-21,36H,22-23H2,1-6H3. The van der Waals surface area contributed by atoms with Gasteiger partial charge < -0.3 is 5.11 Å². The Hall–Kier alpha value is -2.96. The monoisotopic (exact) mass is 507 g/mol. The van der Waals surface area contributed by atoms with Crippen LogP contribution in [-0.4, -0.2) is 21.9 Å². The van der Waals surface area contributed by atoms with Gasteiger partial charge in [0.05, 0.1) is 11.1 Å². The van der Waals surface area contributed by atoms with Crippen LogP contribution in [-0.2, 0) is 5.41 Å². The molecular weight excluding hydrogens is 469 g/mol. The van der Waals surface area contributed by atoms with Crippen molar-refractivity contribution in [1.29, 1.82) is 0 Å². The van der Waals surface area contributed by atoms with Crippen LogP contribution in [0.25, 0.3) is 21.9 Å². The summed E-state index contributed by atoms with van der Waals surface area (Å²) in [5.74, 6) is 0.389. The second kappa shape index (κ2) is 9.41. The number of para-hydroxylation sites is 1. The van der Waals surface area contributed by atoms with E-state index in [1.54, 1.807) is 0 Å². The highest BCUT2D eigenvalue weighted by atomic mass is 31.1. The summed E-state index contributed by atoms with van der Waals surface area (Å²) in [6, 6.07) is 31.5. The lowest BCUT2D eigenvalue weighted by Crippen LogP contribution is -2.44. The van der Waals surface area contributed by atoms with E-state index in [9.17, 15) is 5.11 Å². The van der Waals surface area contributed by atoms with Crippen LogP contribution in [0.5, 0.6) is 5.75 Å². The summed E-state index contributed by atoms with van der Waals surface area (Å²) in [6.45, 7) is 14.0. The molecular formula is C34H38NOP. The van der Waals surface area contributed by atoms with E-state index in [-0.39, 0.29) is 16.0 Å². The summed E-state index contributed by atoms with van der Waals surface area (Å²) >= 11 is 0. The SMILES string of the molecule is CC(C)(C)P1CCC(c2cccc(-c3ccccc3)c2O)(C(C)(C)C)C1=Nc1cccc2ccccc12. The summed E-state index contributed by atoms with van der Waals surface area (Å²) in [7, 11) is -0.542. The molecule has 1 saturated heterocycles. The fourth-order valence-corrected chi connectivity index (χ4v) is 9.40. The Bertz CT molecular complexity index is 1450. The van der Waals surface area contributed by atoms with Crippen LogP contribution >= 0.6 is 7.92 Å². The summed E-state index contributed by atoms with van der Waals surface area (Å²) in [6.07, 6.45) is 2.09. The molecule has 0 aliphatic carbocycles. The van der Waals surface area contributed by atoms with E-state index in [2.05, 4.69) is 108 Å². The zero-order valence-corrected chi connectivity index (χ0v) is 23.8. The Morgan fingerprint density at radius 1 is 0.757 bits per heavy atom. The molecule has 0 amide bonds. The zero-order chi connectivity index (χ0) is 26.4. The van der Waals surface area contributed by atoms with Gasteiger partial charge in [-0.1, -0.05) is 134 Å². The van der Waals surface area contributed by atoms with Crippen molar-refractivity contribution in [2.45, 2.75) is 58.5 Å². The topological polar surface area (TPSA) is 32.6 Å². The summed E-state index contributed by atoms with van der Waals surface area (Å²) < 4.78 is 0. The van der Waals surface area contributed by atoms with Gasteiger partial charge in [0.1, 0.15) is 5.75 Å². The van der Waals surface area contributed by atoms with Crippen LogP contribution in [0.2, 0.25) is 0 Å². The number of rotatable bonds is 3. The van der Waals surface area contributed by atoms with E-state index in [0.29, 0.717) is 5.75 Å². The molecule has 0 saturated carbocycles. The maximum Gasteiger partial charge on any atom is 0.127 e. The minimum absolute atomic E-state index is 0.110. The average Bonchev–Trinajstić information content (AvgIpc) is 3.26. The van der Waals surface area contributed by atoms with Crippen LogP contribution in [0.3, 0.4) is 0 Å². The number of benzene rings is 4. The minimum atomic E-state index is -0.542. The average molecular weight is 508 g/mol. The van der Waals surface area contributed by atoms with Crippen molar-refractivity contribution < 1.29 is 5.11 Å². The van der Waals surface area contributed by atoms with Crippen LogP contribution in [0, 0.1) is 5.41 Å². The Morgan fingerprint density at radius 2 is 1.41 bits per heavy atom. The van der Waals surface area contributed by atoms with Crippen LogP contribution in [0.1, 0.15) is 53.5 Å². The lowest BCUT2D eigenvalue weighted by molar-refractivity contribution is 0.253. The van der Waals surface area contributed by atoms with Gasteiger partial charge in [-0.15, -0.1) is 0 Å². The lowest BCUT2D eigenvalue weighted by Gasteiger charge is -2.45. The van der Waals surface area contributed by atoms with Crippen molar-refractivity contribution in [3.63, 3.8) is 0 Å². The van der Waals surface area contributed by atoms with Crippen LogP contribution in [0.15, 0.2) is 96.0 Å². The first-order valence-electron chi connectivity index (χ1n) is 13.3. The molecule has 0 bridgehead atoms. The molecule has 0 spiro atoms. The number of aromatic hydroxyl groups is 1. The Balaban J connectivity index is 1.82. The molecule has 2 unspecified atom stereocenters. The zero-order valence-electron chi connectivity index (χ0n) is 22.9. The molecule has 5 rings (SSSR count). The van der Waals surface area contributed by atoms with E-state index >= 15 is 0 Å². The molecule has 0 radical (unpaired) electrons. The van der Waals surface area contributed by atoms with Crippen molar-refractivity contribution >= 4 is 29.8 Å². The molecule has 1 fully saturated rings. The third kappa shape index (κ3) is 4.40. The molecule has 37 heavy (non-hydrogen) atoms. The molecule has 1 heterocycles. The highest BCUT2D eigenvalue weighted by Gasteiger charge is 2.57. The summed E-state index contributed by atoms with van der Waals surface area (Å²) in [4.78, 5) is 5.61. The number of hydrogen-bond donors (Lipinski definition) is 1. The first-order chi connectivity index (χ1) is 17.5. The van der Waals surface area contributed by atoms with E-state index in [1.165, 1.54) is 16.2 Å². The third-order valence-corrected chi connectivity index (χ3v) is 11.3. The fourth-order valence-electron chi connectivity index (χ4n) is 6.06. The molecule has 0 aromatic heterocycles. The van der Waals surface area contributed by atoms with Gasteiger partial charge in [0.2, 0.25) is 0 Å². The van der Waals surface area contributed by atoms with Crippen molar-refractivity contribution in [2.24, 2.45) is 10.4 Å². The van der Waals surface area contributed by atoms with Crippen LogP contribution in [0.4, 0.5) is 5.69 Å². The molecule has 3 heteroatoms. The van der Waals surface area contributed by atoms with Crippen molar-refractivity contribution in [3.05, 3.63) is 96.6 Å². The number of phenols is 1. The van der Waals surface area contributed by atoms with E-state index < -0.39 is 7.92 Å². The second-order valence-electron chi connectivity index (χ2n) is 12.2. The largest absolute Gasteiger partial charge is 0.507 e. The number of fused-ring (bicyclic) bond motifs is 1. The maximum atomic E-state index is 11.9. The van der Waals surface area contributed by atoms with Gasteiger partial charge in [0.25, 0.3) is 0 Å². The normalized spacial score (nSPS) is 21.6. The highest BCUT2D eigenvalue weighted by molar-refractivity contribution is 7.77. The molecule has 190 valence electrons. The first kappa shape index (κ1) is 25.7. The van der Waals surface area contributed by atoms with Crippen LogP contribution < -0.4 is 0 Å². The maximum absolute atomic E-state index is 11.9. The Kier molecular flexibility index (Phi) is 6.53. The third-order valence-electron chi connectivity index (χ3n) is 8.01. The lowest BCUT2D eigenvalue weighted by atomic mass is 9.61. The molecule has 2 nitrogen and oxygen atoms in total. The molecule has 1 aliphatic rings. The number of phenolic OH excluding ortho intramolecular Hbond substituents is 1. The van der Waals surface area contributed by atoms with Gasteiger partial charge in [-0.05, 0) is 40.2 Å². The molecule has 2 atom stereocenters. The predicted molar refractivity (Wildman–Crippen MR) is 162 cm³/mol. The predicted octanol–water partition coefficient (Wildman–Crippen LogP) is 9.91. The smallest absolute Gasteiger partial charge is 0.127 e. The van der Waals surface area contributed by atoms with Crippen molar-refractivity contribution in [2.75, 3.05) is 6.16 Å². The Morgan fingerprint density at radius 3 is 2.11 bits per heavy atom. The number of aliphatic imine (C=N–C) groups is 1. The molecule has 1 aliphatic heterocycles. The van der Waals surface area contributed by atoms with E-state index in [1.807, 2.05) is 24.3 Å². The quantitative estimate of drug-likeness (QED) is 0.275. The molecule has 4 aromatic rings.